The Morgan fingerprint density at radius 3 is 2.60 bits per heavy atom. The SMILES string of the molecule is C=C1NC2(O)CC(O1)C(C)C1OC1C(OC(=O)C(C)N(C)C(C)C)CC(=O)N(C)c1cc(cc(OC)c1Cl)C/C(C)=C/C=C/C2OC. The van der Waals surface area contributed by atoms with E-state index in [1.54, 1.807) is 20.0 Å². The zero-order valence-electron chi connectivity index (χ0n) is 28.9. The number of benzene rings is 1. The van der Waals surface area contributed by atoms with Gasteiger partial charge in [-0.15, -0.1) is 0 Å². The second-order valence-electron chi connectivity index (χ2n) is 13.2. The molecule has 12 heteroatoms. The number of methoxy groups -OCH3 is 2. The summed E-state index contributed by atoms with van der Waals surface area (Å²) in [7, 11) is 6.55. The molecular formula is C35H50ClN3O8. The molecule has 3 aliphatic rings. The quantitative estimate of drug-likeness (QED) is 0.332. The fourth-order valence-electron chi connectivity index (χ4n) is 6.20. The molecule has 0 spiro atoms. The predicted octanol–water partition coefficient (Wildman–Crippen LogP) is 4.36. The summed E-state index contributed by atoms with van der Waals surface area (Å²) in [5.41, 5.74) is 0.835. The number of likely N-dealkylation sites (N-methyl/N-ethyl adjacent to an activating group) is 1. The van der Waals surface area contributed by atoms with E-state index in [9.17, 15) is 14.7 Å². The summed E-state index contributed by atoms with van der Waals surface area (Å²) in [4.78, 5) is 30.7. The largest absolute Gasteiger partial charge is 0.495 e. The average Bonchev–Trinajstić information content (AvgIpc) is 3.82. The molecule has 3 heterocycles. The summed E-state index contributed by atoms with van der Waals surface area (Å²) >= 11 is 6.73. The van der Waals surface area contributed by atoms with Gasteiger partial charge < -0.3 is 39.0 Å². The summed E-state index contributed by atoms with van der Waals surface area (Å²) < 4.78 is 29.6. The Hall–Kier alpha value is -3.09. The number of rotatable bonds is 6. The summed E-state index contributed by atoms with van der Waals surface area (Å²) in [6, 6.07) is 3.25. The monoisotopic (exact) mass is 675 g/mol. The number of carbonyl (C=O) groups excluding carboxylic acids is 2. The Morgan fingerprint density at radius 1 is 1.26 bits per heavy atom. The highest BCUT2D eigenvalue weighted by atomic mass is 35.5. The molecule has 4 bridgehead atoms. The van der Waals surface area contributed by atoms with Gasteiger partial charge in [0.2, 0.25) is 5.91 Å². The van der Waals surface area contributed by atoms with Crippen molar-refractivity contribution in [1.29, 1.82) is 0 Å². The van der Waals surface area contributed by atoms with Crippen molar-refractivity contribution in [3.8, 4) is 5.75 Å². The van der Waals surface area contributed by atoms with Crippen LogP contribution in [0.15, 0.2) is 48.4 Å². The third-order valence-corrected chi connectivity index (χ3v) is 9.89. The highest BCUT2D eigenvalue weighted by Crippen LogP contribution is 2.42. The third-order valence-electron chi connectivity index (χ3n) is 9.51. The first-order valence-corrected chi connectivity index (χ1v) is 16.4. The number of hydrogen-bond donors (Lipinski definition) is 2. The van der Waals surface area contributed by atoms with Crippen molar-refractivity contribution in [1.82, 2.24) is 10.2 Å². The molecule has 0 aromatic heterocycles. The van der Waals surface area contributed by atoms with Gasteiger partial charge in [0.1, 0.15) is 41.2 Å². The Kier molecular flexibility index (Phi) is 11.7. The summed E-state index contributed by atoms with van der Waals surface area (Å²) in [6.07, 6.45) is 3.00. The molecule has 2 N–H and O–H groups in total. The van der Waals surface area contributed by atoms with Crippen LogP contribution in [0.1, 0.15) is 53.0 Å². The van der Waals surface area contributed by atoms with Crippen LogP contribution in [0.3, 0.4) is 0 Å². The topological polar surface area (TPSA) is 122 Å². The van der Waals surface area contributed by atoms with Crippen molar-refractivity contribution in [3.05, 3.63) is 59.0 Å². The molecule has 260 valence electrons. The first-order valence-electron chi connectivity index (χ1n) is 16.0. The second-order valence-corrected chi connectivity index (χ2v) is 13.6. The van der Waals surface area contributed by atoms with Gasteiger partial charge in [-0.25, -0.2) is 0 Å². The van der Waals surface area contributed by atoms with Gasteiger partial charge in [-0.1, -0.05) is 42.3 Å². The molecule has 1 amide bonds. The molecule has 2 saturated heterocycles. The lowest BCUT2D eigenvalue weighted by Gasteiger charge is -2.44. The van der Waals surface area contributed by atoms with Gasteiger partial charge in [0.25, 0.3) is 0 Å². The molecule has 0 aliphatic carbocycles. The number of fused-ring (bicyclic) bond motifs is 5. The minimum atomic E-state index is -1.52. The fraction of sp³-hybridized carbons (Fsp3) is 0.600. The van der Waals surface area contributed by atoms with Crippen LogP contribution in [0, 0.1) is 5.92 Å². The molecule has 8 unspecified atom stereocenters. The van der Waals surface area contributed by atoms with Crippen molar-refractivity contribution < 1.29 is 38.4 Å². The molecular weight excluding hydrogens is 626 g/mol. The van der Waals surface area contributed by atoms with Gasteiger partial charge >= 0.3 is 5.97 Å². The van der Waals surface area contributed by atoms with E-state index in [4.69, 9.17) is 35.3 Å². The number of allylic oxidation sites excluding steroid dienone is 3. The first-order chi connectivity index (χ1) is 22.1. The van der Waals surface area contributed by atoms with Crippen LogP contribution in [0.5, 0.6) is 5.75 Å². The molecule has 3 aliphatic heterocycles. The van der Waals surface area contributed by atoms with E-state index in [0.717, 1.165) is 11.1 Å². The van der Waals surface area contributed by atoms with E-state index < -0.39 is 48.3 Å². The number of aliphatic hydroxyl groups is 1. The predicted molar refractivity (Wildman–Crippen MR) is 180 cm³/mol. The van der Waals surface area contributed by atoms with Crippen molar-refractivity contribution in [2.75, 3.05) is 33.2 Å². The van der Waals surface area contributed by atoms with Gasteiger partial charge in [-0.3, -0.25) is 14.5 Å². The lowest BCUT2D eigenvalue weighted by atomic mass is 9.87. The highest BCUT2D eigenvalue weighted by Gasteiger charge is 2.55. The van der Waals surface area contributed by atoms with E-state index >= 15 is 0 Å². The first kappa shape index (κ1) is 36.7. The van der Waals surface area contributed by atoms with Crippen LogP contribution < -0.4 is 15.0 Å². The van der Waals surface area contributed by atoms with Crippen molar-refractivity contribution >= 4 is 29.2 Å². The molecule has 1 aromatic rings. The fourth-order valence-corrected chi connectivity index (χ4v) is 6.51. The maximum atomic E-state index is 13.9. The Bertz CT molecular complexity index is 1400. The standard InChI is InChI=1S/C35H50ClN3O8/c1-19(2)38(7)22(5)34(41)46-27-17-30(40)39(8)25-15-24(16-26(43-9)31(25)36)14-20(3)12-11-13-29(44-10)35(42)18-28(45-23(6)37-35)21(4)32-33(27)47-32/h11-13,15-16,19,21-22,27-29,32-33,37,42H,6,14,17-18H2,1-5,7-10H3/b13-11+,20-12+. The number of epoxide rings is 1. The molecule has 2 fully saturated rings. The molecule has 1 aromatic carbocycles. The molecule has 0 saturated carbocycles. The van der Waals surface area contributed by atoms with Crippen LogP contribution in [0.4, 0.5) is 5.69 Å². The highest BCUT2D eigenvalue weighted by molar-refractivity contribution is 6.35. The number of anilines is 1. The van der Waals surface area contributed by atoms with Crippen LogP contribution in [-0.2, 0) is 35.0 Å². The van der Waals surface area contributed by atoms with E-state index in [2.05, 4.69) is 11.9 Å². The summed E-state index contributed by atoms with van der Waals surface area (Å²) in [5, 5.41) is 15.0. The number of nitrogens with zero attached hydrogens (tertiary/aromatic N) is 2. The number of ether oxygens (including phenoxy) is 5. The lowest BCUT2D eigenvalue weighted by molar-refractivity contribution is -0.158. The zero-order chi connectivity index (χ0) is 34.8. The van der Waals surface area contributed by atoms with E-state index in [0.29, 0.717) is 22.9 Å². The van der Waals surface area contributed by atoms with Crippen LogP contribution >= 0.6 is 11.6 Å². The van der Waals surface area contributed by atoms with Crippen molar-refractivity contribution in [3.63, 3.8) is 0 Å². The summed E-state index contributed by atoms with van der Waals surface area (Å²) in [6.45, 7) is 13.6. The molecule has 8 atom stereocenters. The smallest absolute Gasteiger partial charge is 0.323 e. The minimum absolute atomic E-state index is 0.0994. The summed E-state index contributed by atoms with van der Waals surface area (Å²) in [5.74, 6) is -0.400. The Morgan fingerprint density at radius 2 is 1.96 bits per heavy atom. The molecule has 47 heavy (non-hydrogen) atoms. The van der Waals surface area contributed by atoms with Crippen LogP contribution in [-0.4, -0.2) is 98.5 Å². The third kappa shape index (κ3) is 8.32. The second kappa shape index (κ2) is 15.0. The van der Waals surface area contributed by atoms with Gasteiger partial charge in [-0.2, -0.15) is 0 Å². The minimum Gasteiger partial charge on any atom is -0.495 e. The van der Waals surface area contributed by atoms with E-state index in [1.165, 1.54) is 19.1 Å². The van der Waals surface area contributed by atoms with Crippen molar-refractivity contribution in [2.45, 2.75) is 102 Å². The number of halogens is 1. The number of carbonyl (C=O) groups is 2. The zero-order valence-corrected chi connectivity index (χ0v) is 29.7. The normalized spacial score (nSPS) is 32.4. The number of hydrogen-bond acceptors (Lipinski definition) is 10. The number of nitrogens with one attached hydrogen (secondary N) is 1. The number of esters is 1. The van der Waals surface area contributed by atoms with Crippen LogP contribution in [0.2, 0.25) is 5.02 Å². The molecule has 4 rings (SSSR count). The van der Waals surface area contributed by atoms with E-state index in [1.807, 2.05) is 63.9 Å². The van der Waals surface area contributed by atoms with Gasteiger partial charge in [0, 0.05) is 32.5 Å². The molecule has 11 nitrogen and oxygen atoms in total. The molecule has 0 radical (unpaired) electrons. The van der Waals surface area contributed by atoms with Crippen LogP contribution in [0.25, 0.3) is 0 Å². The Labute approximate surface area is 283 Å². The van der Waals surface area contributed by atoms with Crippen molar-refractivity contribution in [2.24, 2.45) is 5.92 Å². The lowest BCUT2D eigenvalue weighted by Crippen LogP contribution is -2.60. The maximum Gasteiger partial charge on any atom is 0.323 e. The van der Waals surface area contributed by atoms with E-state index in [-0.39, 0.29) is 36.6 Å². The average molecular weight is 676 g/mol. The Balaban J connectivity index is 1.75. The number of amides is 1. The maximum absolute atomic E-state index is 13.9. The van der Waals surface area contributed by atoms with Gasteiger partial charge in [0.05, 0.1) is 25.3 Å². The van der Waals surface area contributed by atoms with Gasteiger partial charge in [0.15, 0.2) is 11.6 Å². The van der Waals surface area contributed by atoms with Gasteiger partial charge in [-0.05, 0) is 65.4 Å².